The SMILES string of the molecule is C1=CC2c3ccccc3-c3[nH]c4c(c3SC2C(c2ccccn2)=C1)C=CCC4. The van der Waals surface area contributed by atoms with Crippen LogP contribution in [-0.4, -0.2) is 15.2 Å². The fourth-order valence-corrected chi connectivity index (χ4v) is 6.20. The van der Waals surface area contributed by atoms with Crippen molar-refractivity contribution in [2.24, 2.45) is 0 Å². The van der Waals surface area contributed by atoms with Crippen molar-refractivity contribution in [2.75, 3.05) is 0 Å². The normalized spacial score (nSPS) is 21.8. The van der Waals surface area contributed by atoms with E-state index in [4.69, 9.17) is 0 Å². The van der Waals surface area contributed by atoms with Crippen LogP contribution in [0.5, 0.6) is 0 Å². The third-order valence-electron chi connectivity index (χ3n) is 5.94. The third kappa shape index (κ3) is 2.39. The van der Waals surface area contributed by atoms with Gasteiger partial charge in [0, 0.05) is 39.1 Å². The Hall–Kier alpha value is -2.78. The van der Waals surface area contributed by atoms with Crippen LogP contribution in [0.2, 0.25) is 0 Å². The minimum atomic E-state index is 0.317. The zero-order chi connectivity index (χ0) is 18.5. The van der Waals surface area contributed by atoms with Gasteiger partial charge in [0.05, 0.1) is 11.4 Å². The first-order valence-electron chi connectivity index (χ1n) is 9.87. The van der Waals surface area contributed by atoms with Crippen molar-refractivity contribution in [2.45, 2.75) is 28.9 Å². The number of rotatable bonds is 1. The Morgan fingerprint density at radius 1 is 1.07 bits per heavy atom. The Morgan fingerprint density at radius 3 is 2.93 bits per heavy atom. The van der Waals surface area contributed by atoms with Crippen molar-refractivity contribution in [3.8, 4) is 11.3 Å². The van der Waals surface area contributed by atoms with Crippen LogP contribution in [0.15, 0.2) is 77.9 Å². The van der Waals surface area contributed by atoms with E-state index in [2.05, 4.69) is 76.7 Å². The van der Waals surface area contributed by atoms with Crippen LogP contribution in [0.1, 0.15) is 34.9 Å². The Bertz CT molecular complexity index is 1150. The quantitative estimate of drug-likeness (QED) is 0.541. The lowest BCUT2D eigenvalue weighted by Gasteiger charge is -2.28. The monoisotopic (exact) mass is 380 g/mol. The van der Waals surface area contributed by atoms with Crippen LogP contribution < -0.4 is 0 Å². The van der Waals surface area contributed by atoms with E-state index in [1.165, 1.54) is 38.5 Å². The van der Waals surface area contributed by atoms with Crippen LogP contribution in [0.4, 0.5) is 0 Å². The van der Waals surface area contributed by atoms with Crippen molar-refractivity contribution in [1.29, 1.82) is 0 Å². The largest absolute Gasteiger partial charge is 0.357 e. The summed E-state index contributed by atoms with van der Waals surface area (Å²) in [7, 11) is 0. The van der Waals surface area contributed by atoms with Gasteiger partial charge in [0.1, 0.15) is 0 Å². The van der Waals surface area contributed by atoms with Gasteiger partial charge in [0.15, 0.2) is 0 Å². The standard InChI is InChI=1S/C25H20N2S/c1-2-9-17-16(8-1)18-11-7-12-19(21-13-5-6-15-26-21)24(18)28-25-20-10-3-4-14-22(20)27-23(17)25/h1-3,5-13,15,18,24,27H,4,14H2. The van der Waals surface area contributed by atoms with Crippen molar-refractivity contribution < 1.29 is 0 Å². The highest BCUT2D eigenvalue weighted by molar-refractivity contribution is 8.00. The lowest BCUT2D eigenvalue weighted by molar-refractivity contribution is 0.883. The average Bonchev–Trinajstić information content (AvgIpc) is 3.06. The molecule has 0 fully saturated rings. The molecule has 3 aromatic rings. The molecular formula is C25H20N2S. The Labute approximate surface area is 169 Å². The van der Waals surface area contributed by atoms with Gasteiger partial charge >= 0.3 is 0 Å². The number of aromatic amines is 1. The van der Waals surface area contributed by atoms with E-state index in [1.807, 2.05) is 24.0 Å². The maximum Gasteiger partial charge on any atom is 0.0673 e. The number of nitrogens with one attached hydrogen (secondary N) is 1. The highest BCUT2D eigenvalue weighted by Gasteiger charge is 2.36. The van der Waals surface area contributed by atoms with Crippen LogP contribution in [-0.2, 0) is 6.42 Å². The van der Waals surface area contributed by atoms with Crippen molar-refractivity contribution in [1.82, 2.24) is 9.97 Å². The summed E-state index contributed by atoms with van der Waals surface area (Å²) < 4.78 is 0. The Balaban J connectivity index is 1.59. The Morgan fingerprint density at radius 2 is 2.00 bits per heavy atom. The molecule has 2 aliphatic carbocycles. The molecule has 2 unspecified atom stereocenters. The molecule has 3 heterocycles. The molecule has 0 radical (unpaired) electrons. The first kappa shape index (κ1) is 16.2. The van der Waals surface area contributed by atoms with Gasteiger partial charge in [0.2, 0.25) is 0 Å². The van der Waals surface area contributed by atoms with Crippen molar-refractivity contribution in [3.05, 3.63) is 95.5 Å². The molecule has 1 aromatic carbocycles. The van der Waals surface area contributed by atoms with Gasteiger partial charge in [-0.05, 0) is 36.1 Å². The number of aromatic nitrogens is 2. The number of fused-ring (bicyclic) bond motifs is 7. The first-order chi connectivity index (χ1) is 13.9. The molecule has 0 saturated heterocycles. The second kappa shape index (κ2) is 6.39. The summed E-state index contributed by atoms with van der Waals surface area (Å²) in [5.74, 6) is 0.340. The summed E-state index contributed by atoms with van der Waals surface area (Å²) in [5, 5.41) is 0.317. The highest BCUT2D eigenvalue weighted by atomic mass is 32.2. The highest BCUT2D eigenvalue weighted by Crippen LogP contribution is 2.53. The second-order valence-electron chi connectivity index (χ2n) is 7.54. The minimum Gasteiger partial charge on any atom is -0.357 e. The Kier molecular flexibility index (Phi) is 3.69. The summed E-state index contributed by atoms with van der Waals surface area (Å²) in [6.45, 7) is 0. The lowest BCUT2D eigenvalue weighted by atomic mass is 9.83. The molecular weight excluding hydrogens is 360 g/mol. The van der Waals surface area contributed by atoms with Gasteiger partial charge in [-0.2, -0.15) is 0 Å². The van der Waals surface area contributed by atoms with E-state index < -0.39 is 0 Å². The summed E-state index contributed by atoms with van der Waals surface area (Å²) >= 11 is 2.00. The number of benzene rings is 1. The van der Waals surface area contributed by atoms with Gasteiger partial charge in [-0.1, -0.05) is 60.7 Å². The lowest BCUT2D eigenvalue weighted by Crippen LogP contribution is -2.18. The summed E-state index contributed by atoms with van der Waals surface area (Å²) in [6, 6.07) is 15.1. The molecule has 0 saturated carbocycles. The number of hydrogen-bond acceptors (Lipinski definition) is 2. The number of H-pyrrole nitrogens is 1. The summed E-state index contributed by atoms with van der Waals surface area (Å²) in [4.78, 5) is 9.85. The number of allylic oxidation sites excluding steroid dienone is 4. The molecule has 3 heteroatoms. The fraction of sp³-hybridized carbons (Fsp3) is 0.160. The van der Waals surface area contributed by atoms with Crippen LogP contribution in [0.3, 0.4) is 0 Å². The van der Waals surface area contributed by atoms with E-state index in [9.17, 15) is 0 Å². The maximum atomic E-state index is 4.67. The molecule has 2 nitrogen and oxygen atoms in total. The van der Waals surface area contributed by atoms with Crippen LogP contribution in [0.25, 0.3) is 22.9 Å². The second-order valence-corrected chi connectivity index (χ2v) is 8.69. The van der Waals surface area contributed by atoms with Crippen LogP contribution >= 0.6 is 11.8 Å². The van der Waals surface area contributed by atoms with Gasteiger partial charge < -0.3 is 4.98 Å². The predicted molar refractivity (Wildman–Crippen MR) is 117 cm³/mol. The zero-order valence-electron chi connectivity index (χ0n) is 15.4. The van der Waals surface area contributed by atoms with Crippen molar-refractivity contribution >= 4 is 23.4 Å². The molecule has 2 aromatic heterocycles. The number of pyridine rings is 1. The average molecular weight is 381 g/mol. The molecule has 0 spiro atoms. The van der Waals surface area contributed by atoms with Crippen LogP contribution in [0, 0.1) is 0 Å². The van der Waals surface area contributed by atoms with E-state index in [1.54, 1.807) is 0 Å². The molecule has 28 heavy (non-hydrogen) atoms. The third-order valence-corrected chi connectivity index (χ3v) is 7.40. The van der Waals surface area contributed by atoms with Gasteiger partial charge in [-0.3, -0.25) is 4.98 Å². The fourth-order valence-electron chi connectivity index (χ4n) is 4.64. The zero-order valence-corrected chi connectivity index (χ0v) is 16.2. The number of thioether (sulfide) groups is 1. The number of aryl methyl sites for hydroxylation is 1. The molecule has 6 rings (SSSR count). The first-order valence-corrected chi connectivity index (χ1v) is 10.8. The molecule has 136 valence electrons. The molecule has 0 amide bonds. The molecule has 1 aliphatic heterocycles. The van der Waals surface area contributed by atoms with Gasteiger partial charge in [-0.25, -0.2) is 0 Å². The van der Waals surface area contributed by atoms with E-state index >= 15 is 0 Å². The van der Waals surface area contributed by atoms with E-state index in [0.717, 1.165) is 18.5 Å². The maximum absolute atomic E-state index is 4.67. The molecule has 2 atom stereocenters. The van der Waals surface area contributed by atoms with Crippen molar-refractivity contribution in [3.63, 3.8) is 0 Å². The van der Waals surface area contributed by atoms with Gasteiger partial charge in [0.25, 0.3) is 0 Å². The smallest absolute Gasteiger partial charge is 0.0673 e. The topological polar surface area (TPSA) is 28.7 Å². The van der Waals surface area contributed by atoms with Gasteiger partial charge in [-0.15, -0.1) is 11.8 Å². The molecule has 3 aliphatic rings. The van der Waals surface area contributed by atoms with E-state index in [-0.39, 0.29) is 0 Å². The number of nitrogens with zero attached hydrogens (tertiary/aromatic N) is 1. The molecule has 1 N–H and O–H groups in total. The minimum absolute atomic E-state index is 0.317. The summed E-state index contributed by atoms with van der Waals surface area (Å²) in [6.07, 6.45) is 15.5. The van der Waals surface area contributed by atoms with E-state index in [0.29, 0.717) is 11.2 Å². The predicted octanol–water partition coefficient (Wildman–Crippen LogP) is 6.25. The number of hydrogen-bond donors (Lipinski definition) is 1. The molecule has 0 bridgehead atoms. The summed E-state index contributed by atoms with van der Waals surface area (Å²) in [5.41, 5.74) is 9.19.